The van der Waals surface area contributed by atoms with E-state index >= 15 is 0 Å². The Hall–Kier alpha value is -1.30. The summed E-state index contributed by atoms with van der Waals surface area (Å²) < 4.78 is 5.70. The highest BCUT2D eigenvalue weighted by molar-refractivity contribution is 6.02. The second-order valence-corrected chi connectivity index (χ2v) is 5.45. The number of hydrogen-bond donors (Lipinski definition) is 2. The zero-order valence-electron chi connectivity index (χ0n) is 10.9. The fraction of sp³-hybridized carbons (Fsp3) is 0.833. The molecule has 0 aromatic heterocycles. The molecular formula is C12H21N3O3. The van der Waals surface area contributed by atoms with Crippen molar-refractivity contribution in [3.05, 3.63) is 0 Å². The van der Waals surface area contributed by atoms with Crippen molar-refractivity contribution in [1.82, 2.24) is 4.90 Å². The van der Waals surface area contributed by atoms with Crippen LogP contribution in [0.15, 0.2) is 5.16 Å². The number of likely N-dealkylation sites (tertiary alicyclic amines) is 1. The van der Waals surface area contributed by atoms with Gasteiger partial charge in [0.2, 0.25) is 5.91 Å². The average Bonchev–Trinajstić information content (AvgIpc) is 2.67. The predicted molar refractivity (Wildman–Crippen MR) is 66.2 cm³/mol. The van der Waals surface area contributed by atoms with Gasteiger partial charge in [-0.15, -0.1) is 0 Å². The summed E-state index contributed by atoms with van der Waals surface area (Å²) in [6.45, 7) is 5.04. The summed E-state index contributed by atoms with van der Waals surface area (Å²) in [4.78, 5) is 14.3. The number of hydrogen-bond acceptors (Lipinski definition) is 4. The fourth-order valence-corrected chi connectivity index (χ4v) is 2.81. The Kier molecular flexibility index (Phi) is 3.75. The van der Waals surface area contributed by atoms with Crippen molar-refractivity contribution in [2.75, 3.05) is 13.1 Å². The SMILES string of the molecule is CC(C)C(C(=O)N1CC2CCC(C1)O2)/C(N)=N/O. The molecule has 0 aliphatic carbocycles. The molecule has 18 heavy (non-hydrogen) atoms. The van der Waals surface area contributed by atoms with Crippen molar-refractivity contribution in [3.63, 3.8) is 0 Å². The molecule has 3 atom stereocenters. The quantitative estimate of drug-likeness (QED) is 0.330. The molecule has 6 nitrogen and oxygen atoms in total. The lowest BCUT2D eigenvalue weighted by atomic mass is 9.93. The number of morpholine rings is 1. The van der Waals surface area contributed by atoms with E-state index in [-0.39, 0.29) is 29.9 Å². The Labute approximate surface area is 107 Å². The van der Waals surface area contributed by atoms with Crippen LogP contribution in [0.5, 0.6) is 0 Å². The van der Waals surface area contributed by atoms with Gasteiger partial charge >= 0.3 is 0 Å². The van der Waals surface area contributed by atoms with E-state index in [0.717, 1.165) is 12.8 Å². The lowest BCUT2D eigenvalue weighted by molar-refractivity contribution is -0.143. The topological polar surface area (TPSA) is 88.2 Å². The van der Waals surface area contributed by atoms with Crippen molar-refractivity contribution >= 4 is 11.7 Å². The molecule has 3 unspecified atom stereocenters. The molecule has 0 saturated carbocycles. The molecule has 2 aliphatic heterocycles. The van der Waals surface area contributed by atoms with Crippen LogP contribution in [-0.2, 0) is 9.53 Å². The van der Waals surface area contributed by atoms with E-state index in [4.69, 9.17) is 15.7 Å². The van der Waals surface area contributed by atoms with Crippen LogP contribution in [0.1, 0.15) is 26.7 Å². The zero-order chi connectivity index (χ0) is 13.3. The number of carbonyl (C=O) groups is 1. The number of ether oxygens (including phenoxy) is 1. The van der Waals surface area contributed by atoms with Gasteiger partial charge in [-0.1, -0.05) is 19.0 Å². The van der Waals surface area contributed by atoms with Gasteiger partial charge in [0, 0.05) is 13.1 Å². The van der Waals surface area contributed by atoms with E-state index in [2.05, 4.69) is 5.16 Å². The third-order valence-electron chi connectivity index (χ3n) is 3.72. The lowest BCUT2D eigenvalue weighted by Gasteiger charge is -2.35. The summed E-state index contributed by atoms with van der Waals surface area (Å²) >= 11 is 0. The van der Waals surface area contributed by atoms with Gasteiger partial charge in [-0.25, -0.2) is 0 Å². The first-order valence-electron chi connectivity index (χ1n) is 6.44. The molecule has 6 heteroatoms. The number of fused-ring (bicyclic) bond motifs is 2. The van der Waals surface area contributed by atoms with Gasteiger partial charge < -0.3 is 20.6 Å². The second-order valence-electron chi connectivity index (χ2n) is 5.45. The maximum Gasteiger partial charge on any atom is 0.233 e. The van der Waals surface area contributed by atoms with Crippen LogP contribution in [-0.4, -0.2) is 47.1 Å². The molecule has 2 saturated heterocycles. The number of amides is 1. The molecule has 0 aromatic carbocycles. The Bertz CT molecular complexity index is 344. The molecule has 2 rings (SSSR count). The van der Waals surface area contributed by atoms with Gasteiger partial charge in [0.15, 0.2) is 5.84 Å². The molecule has 1 amide bonds. The third kappa shape index (κ3) is 2.43. The summed E-state index contributed by atoms with van der Waals surface area (Å²) in [6, 6.07) is 0. The van der Waals surface area contributed by atoms with E-state index in [1.54, 1.807) is 4.90 Å². The lowest BCUT2D eigenvalue weighted by Crippen LogP contribution is -2.51. The molecule has 0 spiro atoms. The van der Waals surface area contributed by atoms with Crippen molar-refractivity contribution in [2.24, 2.45) is 22.7 Å². The fourth-order valence-electron chi connectivity index (χ4n) is 2.81. The summed E-state index contributed by atoms with van der Waals surface area (Å²) in [6.07, 6.45) is 2.36. The van der Waals surface area contributed by atoms with Gasteiger partial charge in [0.05, 0.1) is 12.2 Å². The molecule has 2 heterocycles. The molecule has 102 valence electrons. The second kappa shape index (κ2) is 5.14. The first kappa shape index (κ1) is 13.1. The van der Waals surface area contributed by atoms with Gasteiger partial charge in [-0.2, -0.15) is 0 Å². The Balaban J connectivity index is 2.09. The molecule has 3 N–H and O–H groups in total. The van der Waals surface area contributed by atoms with E-state index in [1.165, 1.54) is 0 Å². The number of nitrogens with two attached hydrogens (primary N) is 1. The monoisotopic (exact) mass is 255 g/mol. The van der Waals surface area contributed by atoms with Crippen molar-refractivity contribution < 1.29 is 14.7 Å². The van der Waals surface area contributed by atoms with Crippen LogP contribution in [0.3, 0.4) is 0 Å². The first-order valence-corrected chi connectivity index (χ1v) is 6.44. The van der Waals surface area contributed by atoms with Crippen LogP contribution < -0.4 is 5.73 Å². The van der Waals surface area contributed by atoms with E-state index in [1.807, 2.05) is 13.8 Å². The van der Waals surface area contributed by atoms with E-state index in [0.29, 0.717) is 13.1 Å². The minimum atomic E-state index is -0.549. The Morgan fingerprint density at radius 2 is 1.94 bits per heavy atom. The number of amidine groups is 1. The minimum absolute atomic E-state index is 0.00570. The van der Waals surface area contributed by atoms with Crippen molar-refractivity contribution in [2.45, 2.75) is 38.9 Å². The summed E-state index contributed by atoms with van der Waals surface area (Å²) in [5, 5.41) is 11.8. The van der Waals surface area contributed by atoms with E-state index < -0.39 is 5.92 Å². The standard InChI is InChI=1S/C12H21N3O3/c1-7(2)10(11(13)14-17)12(16)15-5-8-3-4-9(6-15)18-8/h7-10,17H,3-6H2,1-2H3,(H2,13,14). The van der Waals surface area contributed by atoms with Crippen LogP contribution in [0.25, 0.3) is 0 Å². The zero-order valence-corrected chi connectivity index (χ0v) is 10.9. The van der Waals surface area contributed by atoms with Gasteiger partial charge in [-0.05, 0) is 18.8 Å². The third-order valence-corrected chi connectivity index (χ3v) is 3.72. The molecule has 2 bridgehead atoms. The van der Waals surface area contributed by atoms with Gasteiger partial charge in [-0.3, -0.25) is 4.79 Å². The molecule has 2 fully saturated rings. The highest BCUT2D eigenvalue weighted by Gasteiger charge is 2.39. The first-order chi connectivity index (χ1) is 8.52. The number of oxime groups is 1. The summed E-state index contributed by atoms with van der Waals surface area (Å²) in [5.41, 5.74) is 5.63. The molecule has 0 aromatic rings. The van der Waals surface area contributed by atoms with Gasteiger partial charge in [0.1, 0.15) is 5.92 Å². The predicted octanol–water partition coefficient (Wildman–Crippen LogP) is 0.395. The highest BCUT2D eigenvalue weighted by atomic mass is 16.5. The Morgan fingerprint density at radius 1 is 1.39 bits per heavy atom. The minimum Gasteiger partial charge on any atom is -0.409 e. The Morgan fingerprint density at radius 3 is 2.39 bits per heavy atom. The van der Waals surface area contributed by atoms with E-state index in [9.17, 15) is 4.79 Å². The van der Waals surface area contributed by atoms with Crippen molar-refractivity contribution in [3.8, 4) is 0 Å². The number of nitrogens with zero attached hydrogens (tertiary/aromatic N) is 2. The maximum absolute atomic E-state index is 12.5. The largest absolute Gasteiger partial charge is 0.409 e. The highest BCUT2D eigenvalue weighted by Crippen LogP contribution is 2.28. The number of carbonyl (C=O) groups excluding carboxylic acids is 1. The van der Waals surface area contributed by atoms with Crippen LogP contribution in [0.2, 0.25) is 0 Å². The summed E-state index contributed by atoms with van der Waals surface area (Å²) in [5.74, 6) is -0.601. The van der Waals surface area contributed by atoms with Crippen LogP contribution in [0, 0.1) is 11.8 Å². The molecule has 0 radical (unpaired) electrons. The number of rotatable bonds is 3. The summed E-state index contributed by atoms with van der Waals surface area (Å²) in [7, 11) is 0. The van der Waals surface area contributed by atoms with Crippen LogP contribution >= 0.6 is 0 Å². The maximum atomic E-state index is 12.5. The van der Waals surface area contributed by atoms with Crippen LogP contribution in [0.4, 0.5) is 0 Å². The molecule has 2 aliphatic rings. The normalized spacial score (nSPS) is 29.7. The molecular weight excluding hydrogens is 234 g/mol. The smallest absolute Gasteiger partial charge is 0.233 e. The van der Waals surface area contributed by atoms with Gasteiger partial charge in [0.25, 0.3) is 0 Å². The average molecular weight is 255 g/mol. The van der Waals surface area contributed by atoms with Crippen molar-refractivity contribution in [1.29, 1.82) is 0 Å².